The number of hydrogen-bond donors (Lipinski definition) is 3. The average Bonchev–Trinajstić information content (AvgIpc) is 1.86. The Morgan fingerprint density at radius 1 is 1.57 bits per heavy atom. The molecule has 1 amide bonds. The topological polar surface area (TPSA) is 53.2 Å². The van der Waals surface area contributed by atoms with E-state index in [-0.39, 0.29) is 18.3 Å². The molecule has 7 heavy (non-hydrogen) atoms. The standard InChI is InChI=1S/C2H5N3O.ClH/c6-2-1-3-5-4-2;/h3,5H,1H2,(H,4,6);1H. The summed E-state index contributed by atoms with van der Waals surface area (Å²) >= 11 is 0. The molecule has 0 aromatic heterocycles. The minimum Gasteiger partial charge on any atom is -0.277 e. The minimum absolute atomic E-state index is 0. The van der Waals surface area contributed by atoms with Crippen LogP contribution in [-0.2, 0) is 4.79 Å². The first-order valence-electron chi connectivity index (χ1n) is 1.66. The van der Waals surface area contributed by atoms with E-state index in [4.69, 9.17) is 0 Å². The van der Waals surface area contributed by atoms with Crippen LogP contribution in [-0.4, -0.2) is 12.5 Å². The van der Waals surface area contributed by atoms with Crippen LogP contribution in [0.3, 0.4) is 0 Å². The van der Waals surface area contributed by atoms with E-state index in [1.54, 1.807) is 0 Å². The molecule has 0 spiro atoms. The Morgan fingerprint density at radius 3 is 2.43 bits per heavy atom. The quantitative estimate of drug-likeness (QED) is 0.369. The summed E-state index contributed by atoms with van der Waals surface area (Å²) < 4.78 is 0. The van der Waals surface area contributed by atoms with Crippen LogP contribution >= 0.6 is 12.4 Å². The molecule has 1 aliphatic rings. The zero-order valence-corrected chi connectivity index (χ0v) is 4.34. The number of halogens is 1. The van der Waals surface area contributed by atoms with Gasteiger partial charge in [0.25, 0.3) is 5.91 Å². The number of amides is 1. The lowest BCUT2D eigenvalue weighted by Crippen LogP contribution is -2.31. The van der Waals surface area contributed by atoms with Crippen molar-refractivity contribution in [3.8, 4) is 0 Å². The Morgan fingerprint density at radius 2 is 2.29 bits per heavy atom. The van der Waals surface area contributed by atoms with E-state index < -0.39 is 0 Å². The maximum Gasteiger partial charge on any atom is 0.250 e. The monoisotopic (exact) mass is 123 g/mol. The van der Waals surface area contributed by atoms with Gasteiger partial charge in [0.15, 0.2) is 0 Å². The molecule has 42 valence electrons. The third-order valence-corrected chi connectivity index (χ3v) is 0.539. The third kappa shape index (κ3) is 1.72. The van der Waals surface area contributed by atoms with Crippen LogP contribution in [0.4, 0.5) is 0 Å². The van der Waals surface area contributed by atoms with Crippen molar-refractivity contribution in [1.82, 2.24) is 16.4 Å². The van der Waals surface area contributed by atoms with Gasteiger partial charge in [0.05, 0.1) is 6.54 Å². The molecule has 1 saturated heterocycles. The van der Waals surface area contributed by atoms with Gasteiger partial charge >= 0.3 is 0 Å². The van der Waals surface area contributed by atoms with Crippen LogP contribution in [0.5, 0.6) is 0 Å². The summed E-state index contributed by atoms with van der Waals surface area (Å²) in [7, 11) is 0. The lowest BCUT2D eigenvalue weighted by Gasteiger charge is -1.82. The summed E-state index contributed by atoms with van der Waals surface area (Å²) in [5, 5.41) is 0. The first-order valence-corrected chi connectivity index (χ1v) is 1.66. The van der Waals surface area contributed by atoms with Gasteiger partial charge in [-0.1, -0.05) is 0 Å². The van der Waals surface area contributed by atoms with Gasteiger partial charge in [-0.15, -0.1) is 12.4 Å². The first-order chi connectivity index (χ1) is 2.89. The van der Waals surface area contributed by atoms with Crippen molar-refractivity contribution in [2.45, 2.75) is 0 Å². The highest BCUT2D eigenvalue weighted by Gasteiger charge is 2.03. The molecule has 4 nitrogen and oxygen atoms in total. The average molecular weight is 124 g/mol. The molecule has 0 bridgehead atoms. The highest BCUT2D eigenvalue weighted by Crippen LogP contribution is 1.60. The van der Waals surface area contributed by atoms with Crippen molar-refractivity contribution >= 4 is 18.3 Å². The molecule has 1 heterocycles. The summed E-state index contributed by atoms with van der Waals surface area (Å²) in [5.41, 5.74) is 7.30. The smallest absolute Gasteiger partial charge is 0.250 e. The van der Waals surface area contributed by atoms with Crippen molar-refractivity contribution in [2.75, 3.05) is 6.54 Å². The number of carbonyl (C=O) groups is 1. The highest BCUT2D eigenvalue weighted by molar-refractivity contribution is 5.85. The molecule has 0 radical (unpaired) electrons. The zero-order chi connectivity index (χ0) is 4.41. The summed E-state index contributed by atoms with van der Waals surface area (Å²) in [5.74, 6) is -0.0185. The van der Waals surface area contributed by atoms with E-state index in [1.807, 2.05) is 0 Å². The van der Waals surface area contributed by atoms with E-state index in [2.05, 4.69) is 16.4 Å². The maximum absolute atomic E-state index is 10.0. The Hall–Kier alpha value is -0.320. The Bertz CT molecular complexity index is 67.3. The van der Waals surface area contributed by atoms with Crippen molar-refractivity contribution in [3.05, 3.63) is 0 Å². The van der Waals surface area contributed by atoms with Crippen LogP contribution in [0.25, 0.3) is 0 Å². The normalized spacial score (nSPS) is 18.0. The summed E-state index contributed by atoms with van der Waals surface area (Å²) in [6.07, 6.45) is 0. The van der Waals surface area contributed by atoms with Gasteiger partial charge in [0, 0.05) is 0 Å². The van der Waals surface area contributed by atoms with Crippen LogP contribution in [0, 0.1) is 0 Å². The molecule has 0 saturated carbocycles. The molecule has 0 unspecified atom stereocenters. The molecule has 0 aromatic carbocycles. The molecule has 1 rings (SSSR count). The second-order valence-electron chi connectivity index (χ2n) is 1.03. The number of nitrogens with one attached hydrogen (secondary N) is 3. The molecule has 0 aromatic rings. The van der Waals surface area contributed by atoms with Gasteiger partial charge in [-0.05, 0) is 0 Å². The molecular weight excluding hydrogens is 117 g/mol. The van der Waals surface area contributed by atoms with E-state index in [9.17, 15) is 4.79 Å². The third-order valence-electron chi connectivity index (χ3n) is 0.539. The number of carbonyl (C=O) groups excluding carboxylic acids is 1. The maximum atomic E-state index is 10.0. The first kappa shape index (κ1) is 6.68. The summed E-state index contributed by atoms with van der Waals surface area (Å²) in [4.78, 5) is 10.0. The lowest BCUT2D eigenvalue weighted by molar-refractivity contribution is -0.118. The molecule has 1 aliphatic heterocycles. The van der Waals surface area contributed by atoms with Crippen LogP contribution < -0.4 is 16.4 Å². The number of rotatable bonds is 0. The largest absolute Gasteiger partial charge is 0.277 e. The van der Waals surface area contributed by atoms with Crippen LogP contribution in [0.15, 0.2) is 0 Å². The van der Waals surface area contributed by atoms with E-state index in [0.717, 1.165) is 0 Å². The SMILES string of the molecule is Cl.O=C1CNNN1. The molecule has 5 heteroatoms. The minimum atomic E-state index is -0.0185. The van der Waals surface area contributed by atoms with Crippen molar-refractivity contribution < 1.29 is 4.79 Å². The molecule has 1 fully saturated rings. The van der Waals surface area contributed by atoms with E-state index in [0.29, 0.717) is 6.54 Å². The molecule has 3 N–H and O–H groups in total. The fourth-order valence-corrected chi connectivity index (χ4v) is 0.283. The van der Waals surface area contributed by atoms with Gasteiger partial charge < -0.3 is 0 Å². The second-order valence-corrected chi connectivity index (χ2v) is 1.03. The Labute approximate surface area is 47.0 Å². The van der Waals surface area contributed by atoms with Gasteiger partial charge in [-0.3, -0.25) is 10.2 Å². The van der Waals surface area contributed by atoms with Gasteiger partial charge in [0.2, 0.25) is 0 Å². The van der Waals surface area contributed by atoms with Gasteiger partial charge in [-0.25, -0.2) is 5.43 Å². The van der Waals surface area contributed by atoms with Gasteiger partial charge in [-0.2, -0.15) is 5.53 Å². The molecule has 0 aliphatic carbocycles. The number of hydrazine groups is 2. The fraction of sp³-hybridized carbons (Fsp3) is 0.500. The zero-order valence-electron chi connectivity index (χ0n) is 3.52. The Balaban J connectivity index is 0.000000360. The van der Waals surface area contributed by atoms with Gasteiger partial charge in [0.1, 0.15) is 0 Å². The fourth-order valence-electron chi connectivity index (χ4n) is 0.283. The highest BCUT2D eigenvalue weighted by atomic mass is 35.5. The van der Waals surface area contributed by atoms with Crippen molar-refractivity contribution in [3.63, 3.8) is 0 Å². The predicted molar refractivity (Wildman–Crippen MR) is 26.5 cm³/mol. The second kappa shape index (κ2) is 2.79. The molecule has 0 atom stereocenters. The van der Waals surface area contributed by atoms with Crippen LogP contribution in [0.1, 0.15) is 0 Å². The molecular formula is C2H6ClN3O. The predicted octanol–water partition coefficient (Wildman–Crippen LogP) is -1.45. The van der Waals surface area contributed by atoms with E-state index in [1.165, 1.54) is 0 Å². The van der Waals surface area contributed by atoms with Crippen molar-refractivity contribution in [2.24, 2.45) is 0 Å². The number of hydrogen-bond acceptors (Lipinski definition) is 3. The Kier molecular flexibility index (Phi) is 2.66. The van der Waals surface area contributed by atoms with Crippen LogP contribution in [0.2, 0.25) is 0 Å². The van der Waals surface area contributed by atoms with E-state index >= 15 is 0 Å². The summed E-state index contributed by atoms with van der Waals surface area (Å²) in [6.45, 7) is 0.375. The summed E-state index contributed by atoms with van der Waals surface area (Å²) in [6, 6.07) is 0. The lowest BCUT2D eigenvalue weighted by atomic mass is 10.7. The van der Waals surface area contributed by atoms with Crippen molar-refractivity contribution in [1.29, 1.82) is 0 Å².